The summed E-state index contributed by atoms with van der Waals surface area (Å²) in [5, 5.41) is 0. The molecule has 0 saturated carbocycles. The topological polar surface area (TPSA) is 42.1 Å². The monoisotopic (exact) mass is 213 g/mol. The minimum Gasteiger partial charge on any atom is -0.444 e. The Bertz CT molecular complexity index is 265. The molecule has 0 bridgehead atoms. The third-order valence-electron chi connectivity index (χ3n) is 2.78. The number of hydrogen-bond donors (Lipinski definition) is 0. The van der Waals surface area contributed by atoms with Gasteiger partial charge in [-0.1, -0.05) is 0 Å². The number of piperidine rings is 1. The molecule has 2 fully saturated rings. The Balaban J connectivity index is 2.00. The van der Waals surface area contributed by atoms with Crippen LogP contribution in [0.2, 0.25) is 0 Å². The van der Waals surface area contributed by atoms with Crippen LogP contribution in [0.25, 0.3) is 0 Å². The number of carbonyl (C=O) groups excluding carboxylic acids is 1. The van der Waals surface area contributed by atoms with Crippen LogP contribution in [-0.2, 0) is 9.47 Å². The summed E-state index contributed by atoms with van der Waals surface area (Å²) in [5.74, 6) is 0. The lowest BCUT2D eigenvalue weighted by molar-refractivity contribution is -0.0156. The standard InChI is InChI=1S/C11H19NO3/c1-10(2,3)15-9(13)12-7-5-4-6-11(12)8-14-11/h4-8H2,1-3H3. The number of hydrogen-bond acceptors (Lipinski definition) is 3. The molecule has 4 nitrogen and oxygen atoms in total. The Morgan fingerprint density at radius 1 is 1.40 bits per heavy atom. The second kappa shape index (κ2) is 3.37. The summed E-state index contributed by atoms with van der Waals surface area (Å²) in [6, 6.07) is 0. The summed E-state index contributed by atoms with van der Waals surface area (Å²) in [4.78, 5) is 13.6. The van der Waals surface area contributed by atoms with E-state index in [0.717, 1.165) is 25.8 Å². The predicted molar refractivity (Wildman–Crippen MR) is 55.5 cm³/mol. The van der Waals surface area contributed by atoms with Gasteiger partial charge in [-0.2, -0.15) is 0 Å². The fourth-order valence-corrected chi connectivity index (χ4v) is 1.97. The lowest BCUT2D eigenvalue weighted by Gasteiger charge is -2.34. The second-order valence-corrected chi connectivity index (χ2v) is 5.32. The van der Waals surface area contributed by atoms with Gasteiger partial charge in [0.2, 0.25) is 0 Å². The molecule has 2 aliphatic rings. The molecular weight excluding hydrogens is 194 g/mol. The van der Waals surface area contributed by atoms with Gasteiger partial charge >= 0.3 is 6.09 Å². The number of nitrogens with zero attached hydrogens (tertiary/aromatic N) is 1. The zero-order valence-corrected chi connectivity index (χ0v) is 9.71. The van der Waals surface area contributed by atoms with Crippen molar-refractivity contribution in [2.45, 2.75) is 51.4 Å². The van der Waals surface area contributed by atoms with Crippen molar-refractivity contribution < 1.29 is 14.3 Å². The van der Waals surface area contributed by atoms with Gasteiger partial charge in [0, 0.05) is 6.54 Å². The predicted octanol–water partition coefficient (Wildman–Crippen LogP) is 2.13. The van der Waals surface area contributed by atoms with Gasteiger partial charge in [-0.25, -0.2) is 4.79 Å². The van der Waals surface area contributed by atoms with Crippen LogP contribution >= 0.6 is 0 Å². The number of ether oxygens (including phenoxy) is 2. The molecule has 0 N–H and O–H groups in total. The first kappa shape index (κ1) is 10.7. The number of epoxide rings is 1. The Kier molecular flexibility index (Phi) is 2.41. The van der Waals surface area contributed by atoms with Crippen LogP contribution in [0.15, 0.2) is 0 Å². The molecule has 1 amide bonds. The molecule has 0 aromatic rings. The maximum Gasteiger partial charge on any atom is 0.412 e. The van der Waals surface area contributed by atoms with E-state index in [9.17, 15) is 4.79 Å². The molecule has 15 heavy (non-hydrogen) atoms. The van der Waals surface area contributed by atoms with Crippen molar-refractivity contribution in [3.63, 3.8) is 0 Å². The van der Waals surface area contributed by atoms with Gasteiger partial charge < -0.3 is 9.47 Å². The third kappa shape index (κ3) is 2.25. The van der Waals surface area contributed by atoms with E-state index < -0.39 is 5.60 Å². The van der Waals surface area contributed by atoms with Crippen molar-refractivity contribution >= 4 is 6.09 Å². The highest BCUT2D eigenvalue weighted by atomic mass is 16.6. The zero-order valence-electron chi connectivity index (χ0n) is 9.71. The molecule has 2 heterocycles. The summed E-state index contributed by atoms with van der Waals surface area (Å²) in [6.07, 6.45) is 2.90. The molecule has 1 spiro atoms. The highest BCUT2D eigenvalue weighted by Gasteiger charge is 2.54. The molecule has 86 valence electrons. The summed E-state index contributed by atoms with van der Waals surface area (Å²) >= 11 is 0. The highest BCUT2D eigenvalue weighted by molar-refractivity contribution is 5.69. The number of rotatable bonds is 0. The van der Waals surface area contributed by atoms with Crippen LogP contribution in [-0.4, -0.2) is 35.5 Å². The maximum absolute atomic E-state index is 11.9. The molecular formula is C11H19NO3. The van der Waals surface area contributed by atoms with Crippen LogP contribution in [0, 0.1) is 0 Å². The molecule has 0 radical (unpaired) electrons. The van der Waals surface area contributed by atoms with Gasteiger partial charge in [0.05, 0.1) is 6.61 Å². The van der Waals surface area contributed by atoms with E-state index in [0.29, 0.717) is 6.61 Å². The summed E-state index contributed by atoms with van der Waals surface area (Å²) in [6.45, 7) is 7.08. The smallest absolute Gasteiger partial charge is 0.412 e. The van der Waals surface area contributed by atoms with Gasteiger partial charge in [-0.05, 0) is 40.0 Å². The molecule has 1 atom stereocenters. The van der Waals surface area contributed by atoms with E-state index in [1.165, 1.54) is 0 Å². The first-order valence-electron chi connectivity index (χ1n) is 5.58. The van der Waals surface area contributed by atoms with Crippen molar-refractivity contribution in [2.75, 3.05) is 13.2 Å². The first-order valence-corrected chi connectivity index (χ1v) is 5.58. The Hall–Kier alpha value is -0.770. The van der Waals surface area contributed by atoms with Gasteiger partial charge in [-0.15, -0.1) is 0 Å². The van der Waals surface area contributed by atoms with E-state index in [4.69, 9.17) is 9.47 Å². The fourth-order valence-electron chi connectivity index (χ4n) is 1.97. The van der Waals surface area contributed by atoms with E-state index in [-0.39, 0.29) is 11.8 Å². The fraction of sp³-hybridized carbons (Fsp3) is 0.909. The molecule has 2 rings (SSSR count). The van der Waals surface area contributed by atoms with E-state index in [1.54, 1.807) is 4.90 Å². The molecule has 0 aliphatic carbocycles. The molecule has 0 aromatic heterocycles. The van der Waals surface area contributed by atoms with Crippen molar-refractivity contribution in [2.24, 2.45) is 0 Å². The summed E-state index contributed by atoms with van der Waals surface area (Å²) in [7, 11) is 0. The van der Waals surface area contributed by atoms with Gasteiger partial charge in [0.15, 0.2) is 5.72 Å². The van der Waals surface area contributed by atoms with Crippen LogP contribution in [0.3, 0.4) is 0 Å². The van der Waals surface area contributed by atoms with Crippen LogP contribution in [0.4, 0.5) is 4.79 Å². The molecule has 1 unspecified atom stereocenters. The van der Waals surface area contributed by atoms with Crippen molar-refractivity contribution in [3.8, 4) is 0 Å². The summed E-state index contributed by atoms with van der Waals surface area (Å²) < 4.78 is 10.8. The minimum atomic E-state index is -0.426. The molecule has 0 aromatic carbocycles. The Morgan fingerprint density at radius 2 is 2.07 bits per heavy atom. The molecule has 4 heteroatoms. The number of carbonyl (C=O) groups is 1. The van der Waals surface area contributed by atoms with Crippen LogP contribution in [0.5, 0.6) is 0 Å². The van der Waals surface area contributed by atoms with Crippen molar-refractivity contribution in [3.05, 3.63) is 0 Å². The average molecular weight is 213 g/mol. The number of likely N-dealkylation sites (tertiary alicyclic amines) is 1. The Labute approximate surface area is 90.5 Å². The second-order valence-electron chi connectivity index (χ2n) is 5.32. The van der Waals surface area contributed by atoms with E-state index in [1.807, 2.05) is 20.8 Å². The minimum absolute atomic E-state index is 0.236. The molecule has 2 saturated heterocycles. The highest BCUT2D eigenvalue weighted by Crippen LogP contribution is 2.40. The van der Waals surface area contributed by atoms with Crippen molar-refractivity contribution in [1.29, 1.82) is 0 Å². The van der Waals surface area contributed by atoms with Gasteiger partial charge in [-0.3, -0.25) is 4.90 Å². The lowest BCUT2D eigenvalue weighted by atomic mass is 10.0. The summed E-state index contributed by atoms with van der Waals surface area (Å²) in [5.41, 5.74) is -0.731. The maximum atomic E-state index is 11.9. The quantitative estimate of drug-likeness (QED) is 0.579. The van der Waals surface area contributed by atoms with E-state index in [2.05, 4.69) is 0 Å². The zero-order chi connectivity index (χ0) is 11.1. The van der Waals surface area contributed by atoms with Crippen molar-refractivity contribution in [1.82, 2.24) is 4.90 Å². The SMILES string of the molecule is CC(C)(C)OC(=O)N1CCCCC12CO2. The first-order chi connectivity index (χ1) is 6.93. The average Bonchev–Trinajstić information content (AvgIpc) is 2.83. The Morgan fingerprint density at radius 3 is 2.60 bits per heavy atom. The van der Waals surface area contributed by atoms with Gasteiger partial charge in [0.25, 0.3) is 0 Å². The normalized spacial score (nSPS) is 30.5. The number of amides is 1. The van der Waals surface area contributed by atoms with E-state index >= 15 is 0 Å². The van der Waals surface area contributed by atoms with Crippen LogP contribution < -0.4 is 0 Å². The molecule has 2 aliphatic heterocycles. The third-order valence-corrected chi connectivity index (χ3v) is 2.78. The lowest BCUT2D eigenvalue weighted by Crippen LogP contribution is -2.48. The van der Waals surface area contributed by atoms with Crippen LogP contribution in [0.1, 0.15) is 40.0 Å². The largest absolute Gasteiger partial charge is 0.444 e. The van der Waals surface area contributed by atoms with Gasteiger partial charge in [0.1, 0.15) is 5.60 Å².